The van der Waals surface area contributed by atoms with Gasteiger partial charge in [-0.15, -0.1) is 0 Å². The van der Waals surface area contributed by atoms with E-state index in [-0.39, 0.29) is 20.6 Å². The molecule has 1 aliphatic rings. The van der Waals surface area contributed by atoms with Crippen molar-refractivity contribution in [2.24, 2.45) is 0 Å². The van der Waals surface area contributed by atoms with Crippen LogP contribution in [-0.2, 0) is 10.3 Å². The van der Waals surface area contributed by atoms with Crippen LogP contribution in [0.15, 0.2) is 48.6 Å². The molecular weight excluding hydrogens is 373 g/mol. The zero-order valence-corrected chi connectivity index (χ0v) is 15.7. The van der Waals surface area contributed by atoms with Crippen molar-refractivity contribution in [2.75, 3.05) is 0 Å². The van der Waals surface area contributed by atoms with Crippen LogP contribution in [0.25, 0.3) is 5.57 Å². The summed E-state index contributed by atoms with van der Waals surface area (Å²) in [5, 5.41) is 0. The molecule has 0 saturated carbocycles. The van der Waals surface area contributed by atoms with E-state index in [0.29, 0.717) is 17.6 Å². The molecule has 126 valence electrons. The topological polar surface area (TPSA) is 9.23 Å². The summed E-state index contributed by atoms with van der Waals surface area (Å²) in [5.41, 5.74) is 0.519. The standard InChI is InChI=1S/C20H20F2OSe/c1-13(2)23-20(18-8-7-14(3)24-18)11-9-15(10-12-20)16-5-4-6-17(21)19(16)22/h4-11,13H,12H2,1-3H3. The second-order valence-electron chi connectivity index (χ2n) is 6.26. The van der Waals surface area contributed by atoms with Crippen molar-refractivity contribution in [3.8, 4) is 0 Å². The summed E-state index contributed by atoms with van der Waals surface area (Å²) in [7, 11) is 0. The molecule has 0 amide bonds. The van der Waals surface area contributed by atoms with Gasteiger partial charge in [0.05, 0.1) is 0 Å². The first-order valence-corrected chi connectivity index (χ1v) is 9.71. The monoisotopic (exact) mass is 394 g/mol. The van der Waals surface area contributed by atoms with E-state index in [1.807, 2.05) is 32.1 Å². The molecule has 24 heavy (non-hydrogen) atoms. The summed E-state index contributed by atoms with van der Waals surface area (Å²) in [6.07, 6.45) is 6.51. The Morgan fingerprint density at radius 3 is 2.54 bits per heavy atom. The maximum atomic E-state index is 14.0. The average Bonchev–Trinajstić information content (AvgIpc) is 2.98. The third-order valence-corrected chi connectivity index (χ3v) is 6.46. The van der Waals surface area contributed by atoms with Gasteiger partial charge in [-0.05, 0) is 0 Å². The maximum absolute atomic E-state index is 14.0. The van der Waals surface area contributed by atoms with E-state index in [2.05, 4.69) is 19.1 Å². The molecule has 0 spiro atoms. The SMILES string of the molecule is Cc1ccc(C2(OC(C)C)C=CC(c3cccc(F)c3F)=CC2)[se]1. The molecular formula is C20H20F2OSe. The fourth-order valence-corrected chi connectivity index (χ4v) is 5.04. The number of benzene rings is 1. The zero-order chi connectivity index (χ0) is 17.3. The number of rotatable bonds is 4. The third kappa shape index (κ3) is 3.32. The Hall–Kier alpha value is -1.48. The van der Waals surface area contributed by atoms with Crippen LogP contribution in [0.4, 0.5) is 8.78 Å². The van der Waals surface area contributed by atoms with Crippen molar-refractivity contribution >= 4 is 20.1 Å². The summed E-state index contributed by atoms with van der Waals surface area (Å²) in [6, 6.07) is 8.56. The van der Waals surface area contributed by atoms with Gasteiger partial charge in [-0.2, -0.15) is 0 Å². The summed E-state index contributed by atoms with van der Waals surface area (Å²) in [5.74, 6) is -1.62. The summed E-state index contributed by atoms with van der Waals surface area (Å²) in [4.78, 5) is 0. The molecule has 0 radical (unpaired) electrons. The second kappa shape index (κ2) is 6.79. The molecule has 1 heterocycles. The number of aryl methyl sites for hydroxylation is 1. The molecule has 0 saturated heterocycles. The van der Waals surface area contributed by atoms with Crippen molar-refractivity contribution in [1.82, 2.24) is 0 Å². The Balaban J connectivity index is 1.96. The van der Waals surface area contributed by atoms with Crippen molar-refractivity contribution in [3.05, 3.63) is 74.6 Å². The number of hydrogen-bond acceptors (Lipinski definition) is 1. The number of halogens is 2. The van der Waals surface area contributed by atoms with Crippen molar-refractivity contribution < 1.29 is 13.5 Å². The normalized spacial score (nSPS) is 20.5. The van der Waals surface area contributed by atoms with Crippen LogP contribution in [0.1, 0.15) is 34.7 Å². The molecule has 3 rings (SSSR count). The van der Waals surface area contributed by atoms with Gasteiger partial charge < -0.3 is 0 Å². The molecule has 1 atom stereocenters. The predicted molar refractivity (Wildman–Crippen MR) is 94.1 cm³/mol. The molecule has 1 aliphatic carbocycles. The quantitative estimate of drug-likeness (QED) is 0.665. The Labute approximate surface area is 147 Å². The molecule has 0 bridgehead atoms. The fourth-order valence-electron chi connectivity index (χ4n) is 2.96. The van der Waals surface area contributed by atoms with Crippen LogP contribution in [0, 0.1) is 18.6 Å². The van der Waals surface area contributed by atoms with E-state index in [0.717, 1.165) is 6.07 Å². The van der Waals surface area contributed by atoms with Gasteiger partial charge in [-0.3, -0.25) is 0 Å². The van der Waals surface area contributed by atoms with Crippen molar-refractivity contribution in [1.29, 1.82) is 0 Å². The Bertz CT molecular complexity index is 804. The van der Waals surface area contributed by atoms with Crippen LogP contribution in [0.5, 0.6) is 0 Å². The third-order valence-electron chi connectivity index (χ3n) is 4.02. The number of ether oxygens (including phenoxy) is 1. The molecule has 1 aromatic heterocycles. The van der Waals surface area contributed by atoms with Crippen LogP contribution in [0.3, 0.4) is 0 Å². The van der Waals surface area contributed by atoms with Gasteiger partial charge >= 0.3 is 147 Å². The van der Waals surface area contributed by atoms with Gasteiger partial charge in [-0.25, -0.2) is 0 Å². The summed E-state index contributed by atoms with van der Waals surface area (Å²) in [6.45, 7) is 6.16. The summed E-state index contributed by atoms with van der Waals surface area (Å²) >= 11 is 0.272. The van der Waals surface area contributed by atoms with E-state index < -0.39 is 17.2 Å². The minimum absolute atomic E-state index is 0.0770. The molecule has 1 nitrogen and oxygen atoms in total. The van der Waals surface area contributed by atoms with Gasteiger partial charge in [0, 0.05) is 0 Å². The van der Waals surface area contributed by atoms with Gasteiger partial charge in [0.2, 0.25) is 0 Å². The Morgan fingerprint density at radius 1 is 1.17 bits per heavy atom. The van der Waals surface area contributed by atoms with Crippen molar-refractivity contribution in [3.63, 3.8) is 0 Å². The second-order valence-corrected chi connectivity index (χ2v) is 8.97. The van der Waals surface area contributed by atoms with Crippen molar-refractivity contribution in [2.45, 2.75) is 38.9 Å². The van der Waals surface area contributed by atoms with E-state index >= 15 is 0 Å². The average molecular weight is 393 g/mol. The molecule has 2 aromatic rings. The molecule has 0 N–H and O–H groups in total. The van der Waals surface area contributed by atoms with Crippen LogP contribution in [-0.4, -0.2) is 20.6 Å². The fraction of sp³-hybridized carbons (Fsp3) is 0.300. The van der Waals surface area contributed by atoms with Crippen LogP contribution >= 0.6 is 0 Å². The first kappa shape index (κ1) is 17.3. The molecule has 0 aliphatic heterocycles. The minimum atomic E-state index is -0.821. The van der Waals surface area contributed by atoms with Gasteiger partial charge in [0.1, 0.15) is 0 Å². The number of hydrogen-bond donors (Lipinski definition) is 0. The van der Waals surface area contributed by atoms with E-state index in [4.69, 9.17) is 4.74 Å². The number of allylic oxidation sites excluding steroid dienone is 2. The Morgan fingerprint density at radius 2 is 1.96 bits per heavy atom. The first-order valence-electron chi connectivity index (χ1n) is 8.00. The van der Waals surface area contributed by atoms with E-state index in [9.17, 15) is 8.78 Å². The summed E-state index contributed by atoms with van der Waals surface area (Å²) < 4.78 is 36.4. The molecule has 1 aromatic carbocycles. The molecule has 0 fully saturated rings. The van der Waals surface area contributed by atoms with Gasteiger partial charge in [-0.1, -0.05) is 0 Å². The van der Waals surface area contributed by atoms with E-state index in [1.54, 1.807) is 6.07 Å². The predicted octanol–water partition coefficient (Wildman–Crippen LogP) is 4.99. The van der Waals surface area contributed by atoms with Gasteiger partial charge in [0.25, 0.3) is 0 Å². The van der Waals surface area contributed by atoms with Gasteiger partial charge in [0.15, 0.2) is 0 Å². The first-order chi connectivity index (χ1) is 11.4. The van der Waals surface area contributed by atoms with Crippen LogP contribution < -0.4 is 0 Å². The molecule has 1 unspecified atom stereocenters. The zero-order valence-electron chi connectivity index (χ0n) is 14.0. The Kier molecular flexibility index (Phi) is 4.91. The van der Waals surface area contributed by atoms with E-state index in [1.165, 1.54) is 14.9 Å². The van der Waals surface area contributed by atoms with Crippen LogP contribution in [0.2, 0.25) is 0 Å². The molecule has 4 heteroatoms.